The van der Waals surface area contributed by atoms with E-state index in [2.05, 4.69) is 6.07 Å². The van der Waals surface area contributed by atoms with Gasteiger partial charge in [0.15, 0.2) is 11.6 Å². The third-order valence-electron chi connectivity index (χ3n) is 4.96. The number of ether oxygens (including phenoxy) is 2. The van der Waals surface area contributed by atoms with Crippen LogP contribution in [0.3, 0.4) is 0 Å². The highest BCUT2D eigenvalue weighted by Crippen LogP contribution is 2.41. The summed E-state index contributed by atoms with van der Waals surface area (Å²) in [4.78, 5) is 0. The third-order valence-corrected chi connectivity index (χ3v) is 4.96. The number of nitrogens with two attached hydrogens (primary N) is 1. The van der Waals surface area contributed by atoms with E-state index >= 15 is 0 Å². The zero-order valence-corrected chi connectivity index (χ0v) is 14.8. The van der Waals surface area contributed by atoms with Crippen LogP contribution < -0.4 is 15.2 Å². The number of nitrogens with zero attached hydrogens (tertiary/aromatic N) is 1. The molecule has 2 atom stereocenters. The highest BCUT2D eigenvalue weighted by Gasteiger charge is 2.33. The second-order valence-corrected chi connectivity index (χ2v) is 6.62. The molecule has 0 saturated carbocycles. The number of nitriles is 1. The van der Waals surface area contributed by atoms with Gasteiger partial charge in [-0.05, 0) is 42.1 Å². The van der Waals surface area contributed by atoms with Crippen LogP contribution in [0, 0.1) is 28.8 Å². The predicted molar refractivity (Wildman–Crippen MR) is 96.6 cm³/mol. The Balaban J connectivity index is 1.84. The van der Waals surface area contributed by atoms with Crippen LogP contribution in [-0.2, 0) is 6.42 Å². The lowest BCUT2D eigenvalue weighted by molar-refractivity contribution is 0.149. The molecule has 0 amide bonds. The zero-order valence-electron chi connectivity index (χ0n) is 14.8. The second-order valence-electron chi connectivity index (χ2n) is 6.62. The standard InChI is InChI=1S/C21H15F3N2O2/c1-27-11-4-10(9-25)12-2-3-20-14(13(12)5-11)7-19(26)21(28-20)15-6-17(23)18(24)8-16(15)22/h2-6,8,19,21H,7,26H2,1H3. The minimum Gasteiger partial charge on any atom is -0.497 e. The first kappa shape index (κ1) is 18.1. The molecule has 1 heterocycles. The van der Waals surface area contributed by atoms with Gasteiger partial charge in [-0.3, -0.25) is 0 Å². The fourth-order valence-corrected chi connectivity index (χ4v) is 3.60. The first-order valence-corrected chi connectivity index (χ1v) is 8.53. The fourth-order valence-electron chi connectivity index (χ4n) is 3.60. The Labute approximate surface area is 158 Å². The van der Waals surface area contributed by atoms with Crippen LogP contribution >= 0.6 is 0 Å². The topological polar surface area (TPSA) is 68.3 Å². The van der Waals surface area contributed by atoms with E-state index in [9.17, 15) is 18.4 Å². The van der Waals surface area contributed by atoms with Gasteiger partial charge in [-0.15, -0.1) is 0 Å². The number of hydrogen-bond acceptors (Lipinski definition) is 4. The van der Waals surface area contributed by atoms with E-state index in [-0.39, 0.29) is 5.56 Å². The van der Waals surface area contributed by atoms with Crippen molar-refractivity contribution in [2.45, 2.75) is 18.6 Å². The smallest absolute Gasteiger partial charge is 0.161 e. The van der Waals surface area contributed by atoms with Gasteiger partial charge in [0.1, 0.15) is 23.4 Å². The first-order valence-electron chi connectivity index (χ1n) is 8.53. The van der Waals surface area contributed by atoms with E-state index in [1.807, 2.05) is 0 Å². The molecule has 0 aromatic heterocycles. The quantitative estimate of drug-likeness (QED) is 0.675. The minimum atomic E-state index is -1.27. The van der Waals surface area contributed by atoms with Gasteiger partial charge in [-0.2, -0.15) is 5.26 Å². The Kier molecular flexibility index (Phi) is 4.36. The first-order chi connectivity index (χ1) is 13.4. The summed E-state index contributed by atoms with van der Waals surface area (Å²) in [7, 11) is 1.50. The van der Waals surface area contributed by atoms with Gasteiger partial charge in [0.05, 0.1) is 24.8 Å². The molecule has 0 bridgehead atoms. The summed E-state index contributed by atoms with van der Waals surface area (Å²) in [5.74, 6) is -2.40. The van der Waals surface area contributed by atoms with E-state index in [4.69, 9.17) is 15.2 Å². The van der Waals surface area contributed by atoms with Gasteiger partial charge in [0.2, 0.25) is 0 Å². The zero-order chi connectivity index (χ0) is 20.0. The summed E-state index contributed by atoms with van der Waals surface area (Å²) in [5.41, 5.74) is 7.27. The minimum absolute atomic E-state index is 0.138. The molecular formula is C21H15F3N2O2. The predicted octanol–water partition coefficient (Wildman–Crippen LogP) is 4.14. The molecule has 3 aromatic rings. The third kappa shape index (κ3) is 2.83. The molecule has 0 aliphatic carbocycles. The maximum atomic E-state index is 14.2. The second kappa shape index (κ2) is 6.73. The van der Waals surface area contributed by atoms with E-state index in [1.54, 1.807) is 24.3 Å². The van der Waals surface area contributed by atoms with Crippen molar-refractivity contribution in [2.24, 2.45) is 5.73 Å². The molecule has 4 nitrogen and oxygen atoms in total. The number of methoxy groups -OCH3 is 1. The molecule has 4 rings (SSSR count). The maximum Gasteiger partial charge on any atom is 0.161 e. The maximum absolute atomic E-state index is 14.2. The molecule has 3 aromatic carbocycles. The number of fused-ring (bicyclic) bond motifs is 3. The summed E-state index contributed by atoms with van der Waals surface area (Å²) < 4.78 is 52.3. The van der Waals surface area contributed by atoms with Gasteiger partial charge >= 0.3 is 0 Å². The van der Waals surface area contributed by atoms with Crippen LogP contribution in [0.25, 0.3) is 10.8 Å². The van der Waals surface area contributed by atoms with E-state index in [1.165, 1.54) is 7.11 Å². The molecule has 7 heteroatoms. The van der Waals surface area contributed by atoms with Crippen molar-refractivity contribution >= 4 is 10.8 Å². The van der Waals surface area contributed by atoms with Crippen LogP contribution in [0.15, 0.2) is 36.4 Å². The van der Waals surface area contributed by atoms with Gasteiger partial charge in [-0.1, -0.05) is 0 Å². The largest absolute Gasteiger partial charge is 0.497 e. The molecule has 2 unspecified atom stereocenters. The highest BCUT2D eigenvalue weighted by atomic mass is 19.2. The lowest BCUT2D eigenvalue weighted by Gasteiger charge is -2.32. The molecular weight excluding hydrogens is 369 g/mol. The monoisotopic (exact) mass is 384 g/mol. The molecule has 0 spiro atoms. The highest BCUT2D eigenvalue weighted by molar-refractivity contribution is 5.93. The fraction of sp³-hybridized carbons (Fsp3) is 0.190. The van der Waals surface area contributed by atoms with Crippen LogP contribution in [0.4, 0.5) is 13.2 Å². The van der Waals surface area contributed by atoms with E-state index in [0.717, 1.165) is 22.4 Å². The molecule has 0 fully saturated rings. The average Bonchev–Trinajstić information content (AvgIpc) is 2.69. The molecule has 1 aliphatic heterocycles. The van der Waals surface area contributed by atoms with Crippen molar-refractivity contribution in [3.63, 3.8) is 0 Å². The average molecular weight is 384 g/mol. The van der Waals surface area contributed by atoms with Gasteiger partial charge in [0, 0.05) is 22.6 Å². The summed E-state index contributed by atoms with van der Waals surface area (Å²) in [6.45, 7) is 0. The Hall–Kier alpha value is -3.24. The van der Waals surface area contributed by atoms with E-state index in [0.29, 0.717) is 29.5 Å². The van der Waals surface area contributed by atoms with Gasteiger partial charge < -0.3 is 15.2 Å². The van der Waals surface area contributed by atoms with Gasteiger partial charge in [-0.25, -0.2) is 13.2 Å². The molecule has 0 saturated heterocycles. The summed E-state index contributed by atoms with van der Waals surface area (Å²) >= 11 is 0. The molecule has 0 radical (unpaired) electrons. The van der Waals surface area contributed by atoms with Crippen LogP contribution in [0.5, 0.6) is 11.5 Å². The van der Waals surface area contributed by atoms with Crippen molar-refractivity contribution in [1.82, 2.24) is 0 Å². The molecule has 2 N–H and O–H groups in total. The Morgan fingerprint density at radius 1 is 1.07 bits per heavy atom. The normalized spacial score (nSPS) is 18.3. The van der Waals surface area contributed by atoms with Crippen LogP contribution in [-0.4, -0.2) is 13.2 Å². The van der Waals surface area contributed by atoms with Crippen molar-refractivity contribution in [1.29, 1.82) is 5.26 Å². The van der Waals surface area contributed by atoms with Crippen molar-refractivity contribution in [3.8, 4) is 17.6 Å². The van der Waals surface area contributed by atoms with Crippen LogP contribution in [0.1, 0.15) is 22.8 Å². The summed E-state index contributed by atoms with van der Waals surface area (Å²) in [5, 5.41) is 10.9. The van der Waals surface area contributed by atoms with Crippen molar-refractivity contribution < 1.29 is 22.6 Å². The lowest BCUT2D eigenvalue weighted by Crippen LogP contribution is -2.38. The SMILES string of the molecule is COc1cc(C#N)c2ccc3c(c2c1)CC(N)C(c1cc(F)c(F)cc1F)O3. The number of benzene rings is 3. The van der Waals surface area contributed by atoms with Crippen LogP contribution in [0.2, 0.25) is 0 Å². The molecule has 28 heavy (non-hydrogen) atoms. The Morgan fingerprint density at radius 3 is 2.54 bits per heavy atom. The van der Waals surface area contributed by atoms with E-state index < -0.39 is 29.6 Å². The summed E-state index contributed by atoms with van der Waals surface area (Å²) in [6.07, 6.45) is -0.672. The molecule has 142 valence electrons. The lowest BCUT2D eigenvalue weighted by atomic mass is 9.89. The Bertz CT molecular complexity index is 1140. The van der Waals surface area contributed by atoms with Crippen molar-refractivity contribution in [3.05, 3.63) is 70.5 Å². The Morgan fingerprint density at radius 2 is 1.82 bits per heavy atom. The van der Waals surface area contributed by atoms with Gasteiger partial charge in [0.25, 0.3) is 0 Å². The number of hydrogen-bond donors (Lipinski definition) is 1. The molecule has 1 aliphatic rings. The summed E-state index contributed by atoms with van der Waals surface area (Å²) in [6, 6.07) is 9.51. The number of rotatable bonds is 2. The van der Waals surface area contributed by atoms with Crippen molar-refractivity contribution in [2.75, 3.05) is 7.11 Å². The number of halogens is 3.